The summed E-state index contributed by atoms with van der Waals surface area (Å²) in [5.74, 6) is 0. The molecule has 0 amide bonds. The highest BCUT2D eigenvalue weighted by Gasteiger charge is 2.08. The Labute approximate surface area is 99.4 Å². The van der Waals surface area contributed by atoms with Crippen molar-refractivity contribution in [1.82, 2.24) is 10.2 Å². The molecule has 0 radical (unpaired) electrons. The Bertz CT molecular complexity index is 468. The first-order valence-corrected chi connectivity index (χ1v) is 5.38. The minimum absolute atomic E-state index is 0.521. The molecule has 0 atom stereocenters. The highest BCUT2D eigenvalue weighted by molar-refractivity contribution is 9.10. The molecule has 0 aliphatic rings. The average molecular weight is 292 g/mol. The lowest BCUT2D eigenvalue weighted by Gasteiger charge is -2.01. The molecule has 1 heterocycles. The van der Waals surface area contributed by atoms with Gasteiger partial charge in [0, 0.05) is 5.56 Å². The summed E-state index contributed by atoms with van der Waals surface area (Å²) in [5.41, 5.74) is 1.59. The molecule has 1 N–H and O–H groups in total. The van der Waals surface area contributed by atoms with Crippen LogP contribution < -0.4 is 0 Å². The van der Waals surface area contributed by atoms with E-state index in [1.807, 2.05) is 18.2 Å². The Balaban J connectivity index is 2.57. The molecule has 1 aromatic heterocycles. The predicted molar refractivity (Wildman–Crippen MR) is 61.7 cm³/mol. The number of hydrogen-bond donors (Lipinski definition) is 1. The maximum Gasteiger partial charge on any atom is 0.101 e. The SMILES string of the molecule is Clc1cccc(-c2cc(Br)[nH]n2)c1Cl. The zero-order valence-corrected chi connectivity index (χ0v) is 9.99. The van der Waals surface area contributed by atoms with E-state index in [2.05, 4.69) is 26.1 Å². The molecule has 0 spiro atoms. The van der Waals surface area contributed by atoms with Gasteiger partial charge >= 0.3 is 0 Å². The summed E-state index contributed by atoms with van der Waals surface area (Å²) in [6, 6.07) is 7.30. The highest BCUT2D eigenvalue weighted by atomic mass is 79.9. The van der Waals surface area contributed by atoms with Crippen LogP contribution in [0.2, 0.25) is 10.0 Å². The van der Waals surface area contributed by atoms with Gasteiger partial charge in [0.15, 0.2) is 0 Å². The Morgan fingerprint density at radius 2 is 2.07 bits per heavy atom. The first kappa shape index (κ1) is 10.0. The van der Waals surface area contributed by atoms with Crippen LogP contribution >= 0.6 is 39.1 Å². The third-order valence-corrected chi connectivity index (χ3v) is 3.00. The average Bonchev–Trinajstić information content (AvgIpc) is 2.57. The van der Waals surface area contributed by atoms with Gasteiger partial charge in [-0.15, -0.1) is 0 Å². The van der Waals surface area contributed by atoms with E-state index in [4.69, 9.17) is 23.2 Å². The van der Waals surface area contributed by atoms with E-state index < -0.39 is 0 Å². The lowest BCUT2D eigenvalue weighted by molar-refractivity contribution is 1.07. The molecule has 0 aliphatic carbocycles. The second-order valence-electron chi connectivity index (χ2n) is 2.70. The first-order chi connectivity index (χ1) is 6.68. The summed E-state index contributed by atoms with van der Waals surface area (Å²) in [5, 5.41) is 7.90. The summed E-state index contributed by atoms with van der Waals surface area (Å²) in [6.07, 6.45) is 0. The molecule has 14 heavy (non-hydrogen) atoms. The summed E-state index contributed by atoms with van der Waals surface area (Å²) in [6.45, 7) is 0. The topological polar surface area (TPSA) is 28.7 Å². The van der Waals surface area contributed by atoms with Crippen molar-refractivity contribution in [2.75, 3.05) is 0 Å². The van der Waals surface area contributed by atoms with Crippen LogP contribution in [0.4, 0.5) is 0 Å². The molecule has 0 bridgehead atoms. The number of hydrogen-bond acceptors (Lipinski definition) is 1. The first-order valence-electron chi connectivity index (χ1n) is 3.84. The van der Waals surface area contributed by atoms with Gasteiger partial charge in [0.25, 0.3) is 0 Å². The van der Waals surface area contributed by atoms with Crippen LogP contribution in [0, 0.1) is 0 Å². The van der Waals surface area contributed by atoms with Crippen molar-refractivity contribution in [3.05, 3.63) is 38.9 Å². The van der Waals surface area contributed by atoms with Gasteiger partial charge in [-0.25, -0.2) is 0 Å². The van der Waals surface area contributed by atoms with Crippen molar-refractivity contribution >= 4 is 39.1 Å². The van der Waals surface area contributed by atoms with E-state index >= 15 is 0 Å². The highest BCUT2D eigenvalue weighted by Crippen LogP contribution is 2.32. The molecule has 2 nitrogen and oxygen atoms in total. The van der Waals surface area contributed by atoms with Crippen LogP contribution in [0.5, 0.6) is 0 Å². The van der Waals surface area contributed by atoms with Gasteiger partial charge < -0.3 is 0 Å². The van der Waals surface area contributed by atoms with Gasteiger partial charge in [-0.05, 0) is 28.1 Å². The van der Waals surface area contributed by atoms with Crippen molar-refractivity contribution < 1.29 is 0 Å². The van der Waals surface area contributed by atoms with E-state index in [1.54, 1.807) is 6.07 Å². The second-order valence-corrected chi connectivity index (χ2v) is 4.34. The number of rotatable bonds is 1. The van der Waals surface area contributed by atoms with Crippen LogP contribution in [0.25, 0.3) is 11.3 Å². The monoisotopic (exact) mass is 290 g/mol. The van der Waals surface area contributed by atoms with E-state index in [1.165, 1.54) is 0 Å². The number of aromatic amines is 1. The molecule has 0 saturated heterocycles. The van der Waals surface area contributed by atoms with E-state index in [9.17, 15) is 0 Å². The van der Waals surface area contributed by atoms with Crippen molar-refractivity contribution in [3.8, 4) is 11.3 Å². The lowest BCUT2D eigenvalue weighted by Crippen LogP contribution is -1.80. The predicted octanol–water partition coefficient (Wildman–Crippen LogP) is 4.15. The normalized spacial score (nSPS) is 10.5. The fourth-order valence-electron chi connectivity index (χ4n) is 1.14. The van der Waals surface area contributed by atoms with E-state index in [-0.39, 0.29) is 0 Å². The zero-order chi connectivity index (χ0) is 10.1. The third kappa shape index (κ3) is 1.80. The van der Waals surface area contributed by atoms with Crippen LogP contribution in [0.15, 0.2) is 28.9 Å². The molecule has 2 aromatic rings. The lowest BCUT2D eigenvalue weighted by atomic mass is 10.1. The molecular formula is C9H5BrCl2N2. The Morgan fingerprint density at radius 1 is 1.29 bits per heavy atom. The molecule has 2 rings (SSSR count). The molecular weight excluding hydrogens is 287 g/mol. The van der Waals surface area contributed by atoms with E-state index in [0.29, 0.717) is 10.0 Å². The van der Waals surface area contributed by atoms with Gasteiger partial charge in [-0.1, -0.05) is 35.3 Å². The fourth-order valence-corrected chi connectivity index (χ4v) is 1.84. The van der Waals surface area contributed by atoms with Crippen LogP contribution in [-0.4, -0.2) is 10.2 Å². The maximum absolute atomic E-state index is 6.04. The van der Waals surface area contributed by atoms with Gasteiger partial charge in [-0.3, -0.25) is 5.10 Å². The van der Waals surface area contributed by atoms with Gasteiger partial charge in [0.05, 0.1) is 15.7 Å². The molecule has 0 saturated carbocycles. The summed E-state index contributed by atoms with van der Waals surface area (Å²) in [7, 11) is 0. The van der Waals surface area contributed by atoms with Gasteiger partial charge in [0.2, 0.25) is 0 Å². The maximum atomic E-state index is 6.04. The molecule has 5 heteroatoms. The fraction of sp³-hybridized carbons (Fsp3) is 0. The zero-order valence-electron chi connectivity index (χ0n) is 6.89. The molecule has 0 aliphatic heterocycles. The van der Waals surface area contributed by atoms with Gasteiger partial charge in [0.1, 0.15) is 4.60 Å². The van der Waals surface area contributed by atoms with Crippen LogP contribution in [0.3, 0.4) is 0 Å². The largest absolute Gasteiger partial charge is 0.271 e. The Kier molecular flexibility index (Phi) is 2.81. The molecule has 1 aromatic carbocycles. The third-order valence-electron chi connectivity index (χ3n) is 1.77. The molecule has 72 valence electrons. The minimum Gasteiger partial charge on any atom is -0.271 e. The summed E-state index contributed by atoms with van der Waals surface area (Å²) < 4.78 is 0.809. The van der Waals surface area contributed by atoms with Crippen LogP contribution in [-0.2, 0) is 0 Å². The van der Waals surface area contributed by atoms with E-state index in [0.717, 1.165) is 15.9 Å². The van der Waals surface area contributed by atoms with Crippen molar-refractivity contribution in [1.29, 1.82) is 0 Å². The molecule has 0 fully saturated rings. The number of benzene rings is 1. The van der Waals surface area contributed by atoms with Crippen molar-refractivity contribution in [2.45, 2.75) is 0 Å². The quantitative estimate of drug-likeness (QED) is 0.840. The van der Waals surface area contributed by atoms with Crippen molar-refractivity contribution in [3.63, 3.8) is 0 Å². The second kappa shape index (κ2) is 3.93. The van der Waals surface area contributed by atoms with Gasteiger partial charge in [-0.2, -0.15) is 5.10 Å². The Morgan fingerprint density at radius 3 is 2.71 bits per heavy atom. The summed E-state index contributed by atoms with van der Waals surface area (Å²) in [4.78, 5) is 0. The number of halogens is 3. The standard InChI is InChI=1S/C9H5BrCl2N2/c10-8-4-7(13-14-8)5-2-1-3-6(11)9(5)12/h1-4H,(H,13,14). The minimum atomic E-state index is 0.521. The number of aromatic nitrogens is 2. The summed E-state index contributed by atoms with van der Waals surface area (Å²) >= 11 is 15.2. The Hall–Kier alpha value is -0.510. The molecule has 0 unspecified atom stereocenters. The number of H-pyrrole nitrogens is 1. The van der Waals surface area contributed by atoms with Crippen LogP contribution in [0.1, 0.15) is 0 Å². The number of nitrogens with one attached hydrogen (secondary N) is 1. The smallest absolute Gasteiger partial charge is 0.101 e. The van der Waals surface area contributed by atoms with Crippen molar-refractivity contribution in [2.24, 2.45) is 0 Å². The number of nitrogens with zero attached hydrogens (tertiary/aromatic N) is 1.